The summed E-state index contributed by atoms with van der Waals surface area (Å²) in [5, 5.41) is 3.31. The number of rotatable bonds is 1. The molecule has 92 valence electrons. The van der Waals surface area contributed by atoms with Gasteiger partial charge in [-0.1, -0.05) is 0 Å². The van der Waals surface area contributed by atoms with Crippen LogP contribution in [-0.2, 0) is 14.3 Å². The zero-order valence-electron chi connectivity index (χ0n) is 10.4. The second-order valence-corrected chi connectivity index (χ2v) is 5.82. The summed E-state index contributed by atoms with van der Waals surface area (Å²) in [5.41, 5.74) is -0.412. The van der Waals surface area contributed by atoms with E-state index >= 15 is 0 Å². The number of fused-ring (bicyclic) bond motifs is 1. The third-order valence-corrected chi connectivity index (χ3v) is 3.02. The van der Waals surface area contributed by atoms with Crippen LogP contribution in [0.1, 0.15) is 40.5 Å². The molecule has 2 rings (SSSR count). The summed E-state index contributed by atoms with van der Waals surface area (Å²) in [7, 11) is 0. The first-order valence-electron chi connectivity index (χ1n) is 5.99. The van der Waals surface area contributed by atoms with E-state index in [9.17, 15) is 4.79 Å². The molecule has 0 radical (unpaired) electrons. The lowest BCUT2D eigenvalue weighted by molar-refractivity contribution is -0.157. The van der Waals surface area contributed by atoms with E-state index < -0.39 is 5.60 Å². The number of hydrogen-bond donors (Lipinski definition) is 1. The summed E-state index contributed by atoms with van der Waals surface area (Å²) < 4.78 is 11.1. The molecular formula is C12H21NO3. The molecule has 0 saturated carbocycles. The number of ether oxygens (including phenoxy) is 2. The topological polar surface area (TPSA) is 47.6 Å². The summed E-state index contributed by atoms with van der Waals surface area (Å²) >= 11 is 0. The van der Waals surface area contributed by atoms with E-state index in [1.807, 2.05) is 20.8 Å². The van der Waals surface area contributed by atoms with E-state index in [0.29, 0.717) is 12.1 Å². The fourth-order valence-electron chi connectivity index (χ4n) is 2.45. The van der Waals surface area contributed by atoms with Crippen molar-refractivity contribution >= 4 is 5.97 Å². The van der Waals surface area contributed by atoms with Crippen LogP contribution in [0.25, 0.3) is 0 Å². The van der Waals surface area contributed by atoms with E-state index in [0.717, 1.165) is 12.8 Å². The van der Waals surface area contributed by atoms with Gasteiger partial charge in [0, 0.05) is 12.5 Å². The molecule has 0 aromatic carbocycles. The highest BCUT2D eigenvalue weighted by Gasteiger charge is 2.44. The van der Waals surface area contributed by atoms with Gasteiger partial charge in [-0.05, 0) is 34.1 Å². The van der Waals surface area contributed by atoms with Crippen molar-refractivity contribution < 1.29 is 14.3 Å². The van der Waals surface area contributed by atoms with Crippen molar-refractivity contribution in [3.8, 4) is 0 Å². The first-order chi connectivity index (χ1) is 7.35. The quantitative estimate of drug-likeness (QED) is 0.685. The normalized spacial score (nSPS) is 38.5. The molecule has 0 bridgehead atoms. The Bertz CT molecular complexity index is 270. The monoisotopic (exact) mass is 227 g/mol. The maximum absolute atomic E-state index is 11.8. The van der Waals surface area contributed by atoms with Crippen LogP contribution in [0, 0.1) is 0 Å². The molecule has 16 heavy (non-hydrogen) atoms. The Labute approximate surface area is 96.7 Å². The largest absolute Gasteiger partial charge is 0.459 e. The van der Waals surface area contributed by atoms with Gasteiger partial charge >= 0.3 is 5.97 Å². The third-order valence-electron chi connectivity index (χ3n) is 3.02. The molecule has 0 spiro atoms. The Balaban J connectivity index is 1.88. The van der Waals surface area contributed by atoms with Crippen LogP contribution in [0.4, 0.5) is 0 Å². The zero-order valence-corrected chi connectivity index (χ0v) is 10.4. The van der Waals surface area contributed by atoms with Crippen LogP contribution in [-0.4, -0.2) is 35.9 Å². The van der Waals surface area contributed by atoms with Gasteiger partial charge in [-0.15, -0.1) is 0 Å². The lowest BCUT2D eigenvalue weighted by Gasteiger charge is -2.22. The molecule has 4 nitrogen and oxygen atoms in total. The van der Waals surface area contributed by atoms with Gasteiger partial charge in [-0.25, -0.2) is 0 Å². The highest BCUT2D eigenvalue weighted by Crippen LogP contribution is 2.30. The summed E-state index contributed by atoms with van der Waals surface area (Å²) in [6, 6.07) is 0.134. The average Bonchev–Trinajstić information content (AvgIpc) is 2.56. The summed E-state index contributed by atoms with van der Waals surface area (Å²) in [6.07, 6.45) is 2.23. The van der Waals surface area contributed by atoms with Crippen LogP contribution in [0.5, 0.6) is 0 Å². The van der Waals surface area contributed by atoms with Gasteiger partial charge in [0.15, 0.2) is 0 Å². The molecule has 1 N–H and O–H groups in total. The predicted molar refractivity (Wildman–Crippen MR) is 60.1 cm³/mol. The third kappa shape index (κ3) is 2.55. The number of nitrogens with one attached hydrogen (secondary N) is 1. The van der Waals surface area contributed by atoms with Crippen molar-refractivity contribution in [3.63, 3.8) is 0 Å². The molecule has 4 unspecified atom stereocenters. The van der Waals surface area contributed by atoms with Gasteiger partial charge in [0.2, 0.25) is 0 Å². The van der Waals surface area contributed by atoms with Crippen LogP contribution < -0.4 is 5.32 Å². The zero-order chi connectivity index (χ0) is 11.9. The highest BCUT2D eigenvalue weighted by molar-refractivity contribution is 5.76. The SMILES string of the molecule is CC1CC2NC(C(=O)OC(C)(C)C)CC2O1. The van der Waals surface area contributed by atoms with E-state index in [4.69, 9.17) is 9.47 Å². The highest BCUT2D eigenvalue weighted by atomic mass is 16.6. The van der Waals surface area contributed by atoms with Gasteiger partial charge in [0.1, 0.15) is 11.6 Å². The van der Waals surface area contributed by atoms with E-state index in [-0.39, 0.29) is 18.1 Å². The van der Waals surface area contributed by atoms with Gasteiger partial charge in [-0.2, -0.15) is 0 Å². The van der Waals surface area contributed by atoms with E-state index in [2.05, 4.69) is 12.2 Å². The van der Waals surface area contributed by atoms with Crippen molar-refractivity contribution in [3.05, 3.63) is 0 Å². The fourth-order valence-corrected chi connectivity index (χ4v) is 2.45. The molecular weight excluding hydrogens is 206 g/mol. The molecule has 0 aliphatic carbocycles. The smallest absolute Gasteiger partial charge is 0.323 e. The lowest BCUT2D eigenvalue weighted by Crippen LogP contribution is -2.40. The van der Waals surface area contributed by atoms with Gasteiger partial charge in [0.25, 0.3) is 0 Å². The standard InChI is InChI=1S/C12H21NO3/c1-7-5-8-10(15-7)6-9(13-8)11(14)16-12(2,3)4/h7-10,13H,5-6H2,1-4H3. The Morgan fingerprint density at radius 2 is 2.06 bits per heavy atom. The minimum Gasteiger partial charge on any atom is -0.459 e. The van der Waals surface area contributed by atoms with Gasteiger partial charge < -0.3 is 9.47 Å². The number of esters is 1. The van der Waals surface area contributed by atoms with Crippen molar-refractivity contribution in [2.45, 2.75) is 70.4 Å². The first-order valence-corrected chi connectivity index (χ1v) is 5.99. The molecule has 2 aliphatic rings. The summed E-state index contributed by atoms with van der Waals surface area (Å²) in [5.74, 6) is -0.154. The van der Waals surface area contributed by atoms with Crippen LogP contribution in [0.2, 0.25) is 0 Å². The number of hydrogen-bond acceptors (Lipinski definition) is 4. The van der Waals surface area contributed by atoms with Crippen molar-refractivity contribution in [2.24, 2.45) is 0 Å². The molecule has 0 aromatic heterocycles. The second kappa shape index (κ2) is 4.00. The Morgan fingerprint density at radius 1 is 1.38 bits per heavy atom. The molecule has 2 saturated heterocycles. The van der Waals surface area contributed by atoms with Crippen LogP contribution in [0.3, 0.4) is 0 Å². The Hall–Kier alpha value is -0.610. The molecule has 4 heteroatoms. The first kappa shape index (κ1) is 11.9. The lowest BCUT2D eigenvalue weighted by atomic mass is 10.1. The molecule has 4 atom stereocenters. The van der Waals surface area contributed by atoms with Crippen molar-refractivity contribution in [1.82, 2.24) is 5.32 Å². The molecule has 0 aromatic rings. The summed E-state index contributed by atoms with van der Waals surface area (Å²) in [4.78, 5) is 11.8. The van der Waals surface area contributed by atoms with Crippen molar-refractivity contribution in [1.29, 1.82) is 0 Å². The fraction of sp³-hybridized carbons (Fsp3) is 0.917. The van der Waals surface area contributed by atoms with E-state index in [1.54, 1.807) is 0 Å². The van der Waals surface area contributed by atoms with Crippen LogP contribution >= 0.6 is 0 Å². The maximum Gasteiger partial charge on any atom is 0.323 e. The second-order valence-electron chi connectivity index (χ2n) is 5.82. The molecule has 2 aliphatic heterocycles. The minimum absolute atomic E-state index is 0.154. The van der Waals surface area contributed by atoms with Gasteiger partial charge in [-0.3, -0.25) is 10.1 Å². The number of carbonyl (C=O) groups is 1. The average molecular weight is 227 g/mol. The summed E-state index contributed by atoms with van der Waals surface area (Å²) in [6.45, 7) is 7.74. The Morgan fingerprint density at radius 3 is 2.62 bits per heavy atom. The molecule has 2 fully saturated rings. The van der Waals surface area contributed by atoms with Gasteiger partial charge in [0.05, 0.1) is 12.2 Å². The molecule has 0 amide bonds. The van der Waals surface area contributed by atoms with Crippen molar-refractivity contribution in [2.75, 3.05) is 0 Å². The molecule has 2 heterocycles. The minimum atomic E-state index is -0.412. The predicted octanol–water partition coefficient (Wildman–Crippen LogP) is 1.24. The maximum atomic E-state index is 11.8. The number of carbonyl (C=O) groups excluding carboxylic acids is 1. The Kier molecular flexibility index (Phi) is 2.97. The van der Waals surface area contributed by atoms with Crippen LogP contribution in [0.15, 0.2) is 0 Å². The van der Waals surface area contributed by atoms with E-state index in [1.165, 1.54) is 0 Å².